The predicted molar refractivity (Wildman–Crippen MR) is 116 cm³/mol. The Bertz CT molecular complexity index is 1050. The number of aliphatic imine (C=N–C) groups is 1. The molecule has 3 heterocycles. The van der Waals surface area contributed by atoms with Gasteiger partial charge in [-0.3, -0.25) is 9.56 Å². The van der Waals surface area contributed by atoms with Gasteiger partial charge in [-0.2, -0.15) is 0 Å². The van der Waals surface area contributed by atoms with Crippen LogP contribution in [-0.2, 0) is 6.54 Å². The lowest BCUT2D eigenvalue weighted by atomic mass is 10.0. The molecule has 1 aromatic heterocycles. The maximum atomic E-state index is 6.39. The third kappa shape index (κ3) is 3.32. The number of halogens is 1. The summed E-state index contributed by atoms with van der Waals surface area (Å²) in [5, 5.41) is 9.75. The predicted octanol–water partition coefficient (Wildman–Crippen LogP) is 3.41. The zero-order chi connectivity index (χ0) is 19.8. The minimum Gasteiger partial charge on any atom is -0.338 e. The molecule has 29 heavy (non-hydrogen) atoms. The maximum absolute atomic E-state index is 6.39. The van der Waals surface area contributed by atoms with Gasteiger partial charge < -0.3 is 9.80 Å². The summed E-state index contributed by atoms with van der Waals surface area (Å²) in [5.41, 5.74) is 4.06. The van der Waals surface area contributed by atoms with Crippen molar-refractivity contribution in [3.63, 3.8) is 0 Å². The van der Waals surface area contributed by atoms with Crippen LogP contribution < -0.4 is 4.90 Å². The summed E-state index contributed by atoms with van der Waals surface area (Å²) in [6.07, 6.45) is 0. The molecular formula is C22H23ClN6. The highest BCUT2D eigenvalue weighted by Crippen LogP contribution is 2.31. The van der Waals surface area contributed by atoms with Gasteiger partial charge in [-0.25, -0.2) is 0 Å². The zero-order valence-electron chi connectivity index (χ0n) is 16.4. The molecule has 0 atom stereocenters. The number of nitrogens with zero attached hydrogens (tertiary/aromatic N) is 6. The third-order valence-electron chi connectivity index (χ3n) is 5.70. The van der Waals surface area contributed by atoms with Gasteiger partial charge in [0.2, 0.25) is 5.95 Å². The molecule has 7 heteroatoms. The van der Waals surface area contributed by atoms with Gasteiger partial charge in [0, 0.05) is 42.3 Å². The molecule has 2 aromatic carbocycles. The van der Waals surface area contributed by atoms with Crippen LogP contribution in [0.5, 0.6) is 0 Å². The Balaban J connectivity index is 1.61. The van der Waals surface area contributed by atoms with Gasteiger partial charge in [-0.15, -0.1) is 10.2 Å². The lowest BCUT2D eigenvalue weighted by Gasteiger charge is -2.34. The Kier molecular flexibility index (Phi) is 4.81. The smallest absolute Gasteiger partial charge is 0.232 e. The first kappa shape index (κ1) is 18.3. The fraction of sp³-hybridized carbons (Fsp3) is 0.318. The van der Waals surface area contributed by atoms with E-state index in [-0.39, 0.29) is 0 Å². The molecule has 0 spiro atoms. The zero-order valence-corrected chi connectivity index (χ0v) is 17.2. The summed E-state index contributed by atoms with van der Waals surface area (Å²) in [6.45, 7) is 7.75. The van der Waals surface area contributed by atoms with Gasteiger partial charge >= 0.3 is 0 Å². The minimum atomic E-state index is 0.485. The van der Waals surface area contributed by atoms with Crippen LogP contribution in [0.25, 0.3) is 5.69 Å². The summed E-state index contributed by atoms with van der Waals surface area (Å²) in [4.78, 5) is 9.70. The van der Waals surface area contributed by atoms with Crippen molar-refractivity contribution in [1.29, 1.82) is 0 Å². The SMILES string of the molecule is CCN1CCN(c2nnc3n2-c2ccc(Cl)cc2C(c2ccccc2)=NC3)CC1. The van der Waals surface area contributed by atoms with Gasteiger partial charge in [0.05, 0.1) is 11.4 Å². The van der Waals surface area contributed by atoms with E-state index >= 15 is 0 Å². The summed E-state index contributed by atoms with van der Waals surface area (Å²) in [6, 6.07) is 16.2. The average Bonchev–Trinajstić information content (AvgIpc) is 3.11. The Morgan fingerprint density at radius 3 is 2.52 bits per heavy atom. The van der Waals surface area contributed by atoms with Crippen LogP contribution in [0.3, 0.4) is 0 Å². The second kappa shape index (κ2) is 7.61. The van der Waals surface area contributed by atoms with Crippen molar-refractivity contribution in [2.24, 2.45) is 4.99 Å². The summed E-state index contributed by atoms with van der Waals surface area (Å²) in [5.74, 6) is 1.75. The van der Waals surface area contributed by atoms with E-state index in [0.29, 0.717) is 11.6 Å². The highest BCUT2D eigenvalue weighted by Gasteiger charge is 2.27. The lowest BCUT2D eigenvalue weighted by molar-refractivity contribution is 0.269. The first-order valence-corrected chi connectivity index (χ1v) is 10.4. The van der Waals surface area contributed by atoms with Crippen molar-refractivity contribution >= 4 is 23.3 Å². The van der Waals surface area contributed by atoms with Crippen molar-refractivity contribution in [1.82, 2.24) is 19.7 Å². The second-order valence-corrected chi connectivity index (χ2v) is 7.80. The fourth-order valence-electron chi connectivity index (χ4n) is 4.10. The van der Waals surface area contributed by atoms with Crippen LogP contribution in [0.2, 0.25) is 5.02 Å². The Hall–Kier alpha value is -2.70. The van der Waals surface area contributed by atoms with Gasteiger partial charge in [0.15, 0.2) is 5.82 Å². The summed E-state index contributed by atoms with van der Waals surface area (Å²) < 4.78 is 2.16. The maximum Gasteiger partial charge on any atom is 0.232 e. The molecule has 0 saturated carbocycles. The van der Waals surface area contributed by atoms with Crippen molar-refractivity contribution in [3.05, 3.63) is 70.5 Å². The van der Waals surface area contributed by atoms with E-state index in [9.17, 15) is 0 Å². The van der Waals surface area contributed by atoms with Crippen molar-refractivity contribution in [2.45, 2.75) is 13.5 Å². The molecular weight excluding hydrogens is 384 g/mol. The molecule has 6 nitrogen and oxygen atoms in total. The third-order valence-corrected chi connectivity index (χ3v) is 5.93. The quantitative estimate of drug-likeness (QED) is 0.668. The highest BCUT2D eigenvalue weighted by atomic mass is 35.5. The molecule has 3 aromatic rings. The number of aromatic nitrogens is 3. The van der Waals surface area contributed by atoms with E-state index in [1.54, 1.807) is 0 Å². The van der Waals surface area contributed by atoms with Crippen LogP contribution in [0.1, 0.15) is 23.9 Å². The van der Waals surface area contributed by atoms with Gasteiger partial charge in [-0.1, -0.05) is 48.9 Å². The van der Waals surface area contributed by atoms with Crippen LogP contribution in [0, 0.1) is 0 Å². The molecule has 2 aliphatic heterocycles. The second-order valence-electron chi connectivity index (χ2n) is 7.37. The van der Waals surface area contributed by atoms with Gasteiger partial charge in [0.1, 0.15) is 6.54 Å². The molecule has 2 aliphatic rings. The number of benzene rings is 2. The molecule has 148 valence electrons. The molecule has 0 bridgehead atoms. The van der Waals surface area contributed by atoms with E-state index < -0.39 is 0 Å². The number of likely N-dealkylation sites (N-methyl/N-ethyl adjacent to an activating group) is 1. The Morgan fingerprint density at radius 1 is 0.966 bits per heavy atom. The van der Waals surface area contributed by atoms with Crippen molar-refractivity contribution in [2.75, 3.05) is 37.6 Å². The average molecular weight is 407 g/mol. The number of hydrogen-bond donors (Lipinski definition) is 0. The van der Waals surface area contributed by atoms with Crippen LogP contribution >= 0.6 is 11.6 Å². The summed E-state index contributed by atoms with van der Waals surface area (Å²) in [7, 11) is 0. The standard InChI is InChI=1S/C22H23ClN6/c1-2-27-10-12-28(13-11-27)22-26-25-20-15-24-21(16-6-4-3-5-7-16)18-14-17(23)8-9-19(18)29(20)22/h3-9,14H,2,10-13,15H2,1H3. The molecule has 5 rings (SSSR count). The van der Waals surface area contributed by atoms with E-state index in [0.717, 1.165) is 67.0 Å². The largest absolute Gasteiger partial charge is 0.338 e. The fourth-order valence-corrected chi connectivity index (χ4v) is 4.27. The first-order valence-electron chi connectivity index (χ1n) is 10.1. The topological polar surface area (TPSA) is 49.6 Å². The van der Waals surface area contributed by atoms with Crippen LogP contribution in [-0.4, -0.2) is 58.1 Å². The minimum absolute atomic E-state index is 0.485. The monoisotopic (exact) mass is 406 g/mol. The molecule has 0 amide bonds. The lowest BCUT2D eigenvalue weighted by Crippen LogP contribution is -2.47. The van der Waals surface area contributed by atoms with Crippen LogP contribution in [0.15, 0.2) is 53.5 Å². The van der Waals surface area contributed by atoms with Crippen molar-refractivity contribution < 1.29 is 0 Å². The number of rotatable bonds is 3. The van der Waals surface area contributed by atoms with E-state index in [1.165, 1.54) is 0 Å². The number of piperazine rings is 1. The normalized spacial score (nSPS) is 16.8. The molecule has 1 saturated heterocycles. The van der Waals surface area contributed by atoms with Crippen molar-refractivity contribution in [3.8, 4) is 5.69 Å². The Labute approximate surface area is 175 Å². The first-order chi connectivity index (χ1) is 14.2. The molecule has 0 aliphatic carbocycles. The van der Waals surface area contributed by atoms with E-state index in [2.05, 4.69) is 49.7 Å². The van der Waals surface area contributed by atoms with Gasteiger partial charge in [0.25, 0.3) is 0 Å². The molecule has 1 fully saturated rings. The highest BCUT2D eigenvalue weighted by molar-refractivity contribution is 6.31. The summed E-state index contributed by atoms with van der Waals surface area (Å²) >= 11 is 6.39. The van der Waals surface area contributed by atoms with E-state index in [4.69, 9.17) is 16.6 Å². The van der Waals surface area contributed by atoms with Crippen LogP contribution in [0.4, 0.5) is 5.95 Å². The molecule has 0 radical (unpaired) electrons. The molecule has 0 unspecified atom stereocenters. The molecule has 0 N–H and O–H groups in total. The van der Waals surface area contributed by atoms with Gasteiger partial charge in [-0.05, 0) is 24.7 Å². The number of fused-ring (bicyclic) bond motifs is 3. The number of hydrogen-bond acceptors (Lipinski definition) is 5. The Morgan fingerprint density at radius 2 is 1.76 bits per heavy atom. The number of anilines is 1. The van der Waals surface area contributed by atoms with E-state index in [1.807, 2.05) is 30.3 Å².